The second-order valence-electron chi connectivity index (χ2n) is 1.99. The SMILES string of the molecule is CCCCCC#CS(=O)O. The van der Waals surface area contributed by atoms with Crippen LogP contribution in [0, 0.1) is 11.2 Å². The molecule has 0 radical (unpaired) electrons. The molecule has 0 heterocycles. The Kier molecular flexibility index (Phi) is 6.56. The second kappa shape index (κ2) is 6.79. The summed E-state index contributed by atoms with van der Waals surface area (Å²) in [5.41, 5.74) is 0. The van der Waals surface area contributed by atoms with Crippen molar-refractivity contribution in [3.05, 3.63) is 0 Å². The van der Waals surface area contributed by atoms with Crippen molar-refractivity contribution in [3.8, 4) is 11.2 Å². The maximum absolute atomic E-state index is 9.97. The van der Waals surface area contributed by atoms with Crippen molar-refractivity contribution >= 4 is 11.1 Å². The van der Waals surface area contributed by atoms with Crippen LogP contribution in [0.2, 0.25) is 0 Å². The highest BCUT2D eigenvalue weighted by atomic mass is 32.2. The van der Waals surface area contributed by atoms with Crippen molar-refractivity contribution in [1.29, 1.82) is 0 Å². The largest absolute Gasteiger partial charge is 0.296 e. The van der Waals surface area contributed by atoms with Crippen LogP contribution >= 0.6 is 0 Å². The third-order valence-electron chi connectivity index (χ3n) is 1.06. The fraction of sp³-hybridized carbons (Fsp3) is 0.714. The first kappa shape index (κ1) is 9.67. The molecule has 0 saturated heterocycles. The molecule has 0 spiro atoms. The zero-order valence-corrected chi connectivity index (χ0v) is 6.91. The van der Waals surface area contributed by atoms with E-state index in [2.05, 4.69) is 18.1 Å². The van der Waals surface area contributed by atoms with Crippen LogP contribution in [0.25, 0.3) is 0 Å². The van der Waals surface area contributed by atoms with Crippen LogP contribution in [0.4, 0.5) is 0 Å². The van der Waals surface area contributed by atoms with Crippen molar-refractivity contribution < 1.29 is 8.76 Å². The van der Waals surface area contributed by atoms with Crippen LogP contribution in [0.3, 0.4) is 0 Å². The molecule has 0 aromatic heterocycles. The highest BCUT2D eigenvalue weighted by molar-refractivity contribution is 7.84. The first-order valence-corrected chi connectivity index (χ1v) is 4.47. The Labute approximate surface area is 64.3 Å². The molecule has 0 aliphatic carbocycles. The van der Waals surface area contributed by atoms with Gasteiger partial charge in [-0.15, -0.1) is 0 Å². The fourth-order valence-corrected chi connectivity index (χ4v) is 0.802. The van der Waals surface area contributed by atoms with Crippen LogP contribution in [0.15, 0.2) is 0 Å². The van der Waals surface area contributed by atoms with E-state index in [9.17, 15) is 4.21 Å². The average molecular weight is 160 g/mol. The molecule has 1 unspecified atom stereocenters. The Morgan fingerprint density at radius 1 is 1.50 bits per heavy atom. The van der Waals surface area contributed by atoms with Crippen molar-refractivity contribution in [3.63, 3.8) is 0 Å². The Hall–Kier alpha value is -0.330. The molecule has 0 aliphatic heterocycles. The molecule has 1 N–H and O–H groups in total. The Morgan fingerprint density at radius 3 is 2.70 bits per heavy atom. The summed E-state index contributed by atoms with van der Waals surface area (Å²) in [7, 11) is 0. The summed E-state index contributed by atoms with van der Waals surface area (Å²) in [4.78, 5) is 0. The van der Waals surface area contributed by atoms with Crippen molar-refractivity contribution in [2.45, 2.75) is 32.6 Å². The minimum atomic E-state index is -1.93. The van der Waals surface area contributed by atoms with E-state index in [1.165, 1.54) is 0 Å². The van der Waals surface area contributed by atoms with Gasteiger partial charge in [-0.05, 0) is 6.42 Å². The molecule has 0 amide bonds. The van der Waals surface area contributed by atoms with Gasteiger partial charge in [0.1, 0.15) is 0 Å². The first-order valence-electron chi connectivity index (χ1n) is 3.36. The summed E-state index contributed by atoms with van der Waals surface area (Å²) >= 11 is -1.93. The van der Waals surface area contributed by atoms with Gasteiger partial charge in [0.2, 0.25) is 11.1 Å². The predicted octanol–water partition coefficient (Wildman–Crippen LogP) is 1.75. The number of unbranched alkanes of at least 4 members (excludes halogenated alkanes) is 3. The van der Waals surface area contributed by atoms with Crippen molar-refractivity contribution in [1.82, 2.24) is 0 Å². The van der Waals surface area contributed by atoms with Crippen LogP contribution in [-0.2, 0) is 11.1 Å². The van der Waals surface area contributed by atoms with Crippen molar-refractivity contribution in [2.24, 2.45) is 0 Å². The van der Waals surface area contributed by atoms with Crippen LogP contribution in [-0.4, -0.2) is 8.76 Å². The van der Waals surface area contributed by atoms with Gasteiger partial charge in [-0.2, -0.15) is 0 Å². The molecular weight excluding hydrogens is 148 g/mol. The van der Waals surface area contributed by atoms with E-state index in [1.807, 2.05) is 0 Å². The molecular formula is C7H12O2S. The smallest absolute Gasteiger partial charge is 0.233 e. The summed E-state index contributed by atoms with van der Waals surface area (Å²) in [5.74, 6) is 2.62. The maximum Gasteiger partial charge on any atom is 0.233 e. The molecule has 0 bridgehead atoms. The molecule has 0 aliphatic rings. The first-order chi connectivity index (χ1) is 4.77. The molecule has 58 valence electrons. The molecule has 3 heteroatoms. The second-order valence-corrected chi connectivity index (χ2v) is 2.69. The van der Waals surface area contributed by atoms with Crippen LogP contribution in [0.1, 0.15) is 32.6 Å². The Morgan fingerprint density at radius 2 is 2.20 bits per heavy atom. The number of hydrogen-bond donors (Lipinski definition) is 1. The van der Waals surface area contributed by atoms with Gasteiger partial charge in [-0.1, -0.05) is 25.7 Å². The van der Waals surface area contributed by atoms with E-state index in [0.29, 0.717) is 0 Å². The summed E-state index contributed by atoms with van der Waals surface area (Å²) < 4.78 is 18.2. The minimum absolute atomic E-state index is 0.736. The van der Waals surface area contributed by atoms with Gasteiger partial charge in [0.15, 0.2) is 0 Å². The molecule has 0 fully saturated rings. The topological polar surface area (TPSA) is 37.3 Å². The monoisotopic (exact) mass is 160 g/mol. The van der Waals surface area contributed by atoms with E-state index < -0.39 is 11.1 Å². The highest BCUT2D eigenvalue weighted by Gasteiger charge is 1.81. The predicted molar refractivity (Wildman–Crippen MR) is 42.7 cm³/mol. The quantitative estimate of drug-likeness (QED) is 0.388. The maximum atomic E-state index is 9.97. The molecule has 10 heavy (non-hydrogen) atoms. The lowest BCUT2D eigenvalue weighted by atomic mass is 10.2. The molecule has 0 aromatic carbocycles. The van der Waals surface area contributed by atoms with Gasteiger partial charge in [0, 0.05) is 11.7 Å². The highest BCUT2D eigenvalue weighted by Crippen LogP contribution is 1.96. The number of rotatable bonds is 3. The summed E-state index contributed by atoms with van der Waals surface area (Å²) in [6, 6.07) is 0. The standard InChI is InChI=1S/C7H12O2S/c1-2-3-4-5-6-7-10(8)9/h2-5H2,1H3,(H,8,9). The zero-order valence-electron chi connectivity index (χ0n) is 6.09. The number of hydrogen-bond acceptors (Lipinski definition) is 1. The van der Waals surface area contributed by atoms with E-state index in [-0.39, 0.29) is 0 Å². The van der Waals surface area contributed by atoms with E-state index >= 15 is 0 Å². The Bertz CT molecular complexity index is 155. The van der Waals surface area contributed by atoms with Crippen LogP contribution in [0.5, 0.6) is 0 Å². The normalized spacial score (nSPS) is 11.8. The van der Waals surface area contributed by atoms with Crippen LogP contribution < -0.4 is 0 Å². The molecule has 0 aromatic rings. The zero-order chi connectivity index (χ0) is 7.82. The van der Waals surface area contributed by atoms with Gasteiger partial charge >= 0.3 is 0 Å². The third-order valence-corrected chi connectivity index (χ3v) is 1.38. The lowest BCUT2D eigenvalue weighted by Gasteiger charge is -1.87. The van der Waals surface area contributed by atoms with Crippen molar-refractivity contribution in [2.75, 3.05) is 0 Å². The summed E-state index contributed by atoms with van der Waals surface area (Å²) in [5, 5.41) is 2.18. The van der Waals surface area contributed by atoms with Gasteiger partial charge in [0.05, 0.1) is 0 Å². The van der Waals surface area contributed by atoms with E-state index in [1.54, 1.807) is 0 Å². The van der Waals surface area contributed by atoms with Gasteiger partial charge in [-0.25, -0.2) is 4.21 Å². The molecule has 0 rings (SSSR count). The van der Waals surface area contributed by atoms with Gasteiger partial charge < -0.3 is 0 Å². The Balaban J connectivity index is 3.20. The fourth-order valence-electron chi connectivity index (χ4n) is 0.576. The lowest BCUT2D eigenvalue weighted by Crippen LogP contribution is -1.77. The molecule has 0 saturated carbocycles. The summed E-state index contributed by atoms with van der Waals surface area (Å²) in [6.07, 6.45) is 4.07. The average Bonchev–Trinajstić information content (AvgIpc) is 1.87. The lowest BCUT2D eigenvalue weighted by molar-refractivity contribution is 0.576. The molecule has 1 atom stereocenters. The van der Waals surface area contributed by atoms with Gasteiger partial charge in [-0.3, -0.25) is 4.55 Å². The summed E-state index contributed by atoms with van der Waals surface area (Å²) in [6.45, 7) is 2.11. The minimum Gasteiger partial charge on any atom is -0.296 e. The van der Waals surface area contributed by atoms with Gasteiger partial charge in [0.25, 0.3) is 0 Å². The molecule has 2 nitrogen and oxygen atoms in total. The van der Waals surface area contributed by atoms with E-state index in [0.717, 1.165) is 25.7 Å². The third kappa shape index (κ3) is 7.67. The van der Waals surface area contributed by atoms with E-state index in [4.69, 9.17) is 4.55 Å².